The number of anilines is 2. The maximum absolute atomic E-state index is 12.3. The quantitative estimate of drug-likeness (QED) is 0.178. The van der Waals surface area contributed by atoms with E-state index in [-0.39, 0.29) is 17.4 Å². The van der Waals surface area contributed by atoms with Gasteiger partial charge in [0.05, 0.1) is 35.6 Å². The molecule has 3 aromatic rings. The minimum Gasteiger partial charge on any atom is -0.494 e. The first-order valence-electron chi connectivity index (χ1n) is 11.2. The fourth-order valence-corrected chi connectivity index (χ4v) is 4.49. The molecular formula is C24H30N4O5S2. The van der Waals surface area contributed by atoms with Crippen LogP contribution in [0.3, 0.4) is 0 Å². The normalized spacial score (nSPS) is 11.2. The third kappa shape index (κ3) is 8.91. The number of benzene rings is 1. The number of rotatable bonds is 11. The van der Waals surface area contributed by atoms with Gasteiger partial charge in [0, 0.05) is 17.5 Å². The van der Waals surface area contributed by atoms with Crippen molar-refractivity contribution in [2.75, 3.05) is 23.8 Å². The molecule has 9 nitrogen and oxygen atoms in total. The third-order valence-corrected chi connectivity index (χ3v) is 6.64. The van der Waals surface area contributed by atoms with E-state index in [9.17, 15) is 9.59 Å². The summed E-state index contributed by atoms with van der Waals surface area (Å²) >= 11 is 2.93. The van der Waals surface area contributed by atoms with Crippen molar-refractivity contribution in [3.63, 3.8) is 0 Å². The first-order valence-corrected chi connectivity index (χ1v) is 13.0. The van der Waals surface area contributed by atoms with Gasteiger partial charge in [-0.25, -0.2) is 14.8 Å². The largest absolute Gasteiger partial charge is 0.494 e. The molecule has 188 valence electrons. The summed E-state index contributed by atoms with van der Waals surface area (Å²) in [5.74, 6) is 2.53. The molecular weight excluding hydrogens is 488 g/mol. The molecule has 11 heteroatoms. The number of oxazole rings is 1. The van der Waals surface area contributed by atoms with E-state index in [1.54, 1.807) is 55.3 Å². The van der Waals surface area contributed by atoms with Crippen molar-refractivity contribution in [1.82, 2.24) is 9.97 Å². The molecule has 2 heterocycles. The van der Waals surface area contributed by atoms with E-state index in [1.165, 1.54) is 11.3 Å². The van der Waals surface area contributed by atoms with Gasteiger partial charge in [-0.15, -0.1) is 11.8 Å². The minimum atomic E-state index is -0.387. The maximum Gasteiger partial charge on any atom is 0.325 e. The molecule has 0 unspecified atom stereocenters. The zero-order valence-corrected chi connectivity index (χ0v) is 21.9. The second-order valence-electron chi connectivity index (χ2n) is 8.50. The van der Waals surface area contributed by atoms with Crippen LogP contribution in [-0.4, -0.2) is 35.2 Å². The van der Waals surface area contributed by atoms with Crippen molar-refractivity contribution < 1.29 is 23.5 Å². The van der Waals surface area contributed by atoms with Crippen LogP contribution < -0.4 is 15.4 Å². The van der Waals surface area contributed by atoms with Gasteiger partial charge >= 0.3 is 12.0 Å². The molecule has 3 rings (SSSR count). The number of thioether (sulfide) groups is 1. The molecule has 2 amide bonds. The fraction of sp³-hybridized carbons (Fsp3) is 0.417. The summed E-state index contributed by atoms with van der Waals surface area (Å²) in [7, 11) is 0. The first-order chi connectivity index (χ1) is 16.7. The first kappa shape index (κ1) is 26.6. The van der Waals surface area contributed by atoms with Crippen molar-refractivity contribution in [2.24, 2.45) is 0 Å². The van der Waals surface area contributed by atoms with Crippen molar-refractivity contribution in [1.29, 1.82) is 0 Å². The Kier molecular flexibility index (Phi) is 9.55. The van der Waals surface area contributed by atoms with Crippen LogP contribution >= 0.6 is 23.1 Å². The molecule has 0 saturated heterocycles. The number of hydrogen-bond donors (Lipinski definition) is 2. The van der Waals surface area contributed by atoms with E-state index in [4.69, 9.17) is 13.9 Å². The highest BCUT2D eigenvalue weighted by Crippen LogP contribution is 2.32. The molecule has 0 fully saturated rings. The van der Waals surface area contributed by atoms with Gasteiger partial charge in [0.15, 0.2) is 5.13 Å². The Labute approximate surface area is 213 Å². The Bertz CT molecular complexity index is 1110. The highest BCUT2D eigenvalue weighted by molar-refractivity contribution is 8.00. The van der Waals surface area contributed by atoms with Gasteiger partial charge in [0.2, 0.25) is 5.89 Å². The maximum atomic E-state index is 12.3. The molecule has 0 atom stereocenters. The highest BCUT2D eigenvalue weighted by atomic mass is 32.2. The molecule has 0 aliphatic heterocycles. The molecule has 0 saturated carbocycles. The van der Waals surface area contributed by atoms with Crippen LogP contribution in [0.25, 0.3) is 0 Å². The van der Waals surface area contributed by atoms with Crippen LogP contribution in [0.1, 0.15) is 52.2 Å². The summed E-state index contributed by atoms with van der Waals surface area (Å²) in [5.41, 5.74) is 0.537. The molecule has 0 bridgehead atoms. The van der Waals surface area contributed by atoms with E-state index in [0.717, 1.165) is 9.97 Å². The van der Waals surface area contributed by atoms with Crippen LogP contribution in [0.5, 0.6) is 5.75 Å². The molecule has 0 aliphatic carbocycles. The van der Waals surface area contributed by atoms with Crippen LogP contribution in [0.4, 0.5) is 15.6 Å². The number of hydrogen-bond acceptors (Lipinski definition) is 9. The minimum absolute atomic E-state index is 0.0798. The lowest BCUT2D eigenvalue weighted by molar-refractivity contribution is -0.143. The van der Waals surface area contributed by atoms with Gasteiger partial charge in [-0.2, -0.15) is 0 Å². The van der Waals surface area contributed by atoms with Crippen molar-refractivity contribution in [3.8, 4) is 5.75 Å². The Morgan fingerprint density at radius 1 is 1.11 bits per heavy atom. The smallest absolute Gasteiger partial charge is 0.325 e. The Hall–Kier alpha value is -3.05. The summed E-state index contributed by atoms with van der Waals surface area (Å²) in [5, 5.41) is 6.00. The summed E-state index contributed by atoms with van der Waals surface area (Å²) in [6, 6.07) is 6.61. The van der Waals surface area contributed by atoms with Crippen LogP contribution in [-0.2, 0) is 20.7 Å². The lowest BCUT2D eigenvalue weighted by atomic mass is 9.94. The summed E-state index contributed by atoms with van der Waals surface area (Å²) in [6.07, 6.45) is 4.38. The van der Waals surface area contributed by atoms with Gasteiger partial charge in [-0.05, 0) is 37.6 Å². The number of thiazole rings is 1. The summed E-state index contributed by atoms with van der Waals surface area (Å²) < 4.78 is 17.2. The number of nitrogens with one attached hydrogen (secondary N) is 2. The van der Waals surface area contributed by atoms with Crippen molar-refractivity contribution in [3.05, 3.63) is 48.3 Å². The van der Waals surface area contributed by atoms with E-state index in [1.807, 2.05) is 0 Å². The number of ether oxygens (including phenoxy) is 2. The van der Waals surface area contributed by atoms with Gasteiger partial charge in [0.25, 0.3) is 0 Å². The predicted molar refractivity (Wildman–Crippen MR) is 137 cm³/mol. The average Bonchev–Trinajstić information content (AvgIpc) is 3.46. The third-order valence-electron chi connectivity index (χ3n) is 4.55. The van der Waals surface area contributed by atoms with E-state index >= 15 is 0 Å². The lowest BCUT2D eigenvalue weighted by Crippen LogP contribution is -2.19. The van der Waals surface area contributed by atoms with Gasteiger partial charge in [-0.3, -0.25) is 10.1 Å². The topological polar surface area (TPSA) is 116 Å². The molecule has 35 heavy (non-hydrogen) atoms. The van der Waals surface area contributed by atoms with Crippen LogP contribution in [0, 0.1) is 0 Å². The van der Waals surface area contributed by atoms with E-state index < -0.39 is 0 Å². The van der Waals surface area contributed by atoms with E-state index in [2.05, 4.69) is 41.4 Å². The zero-order valence-electron chi connectivity index (χ0n) is 20.3. The van der Waals surface area contributed by atoms with Gasteiger partial charge in [0.1, 0.15) is 11.5 Å². The van der Waals surface area contributed by atoms with Crippen molar-refractivity contribution in [2.45, 2.75) is 55.9 Å². The van der Waals surface area contributed by atoms with Gasteiger partial charge in [-0.1, -0.05) is 32.1 Å². The standard InChI is InChI=1S/C24H30N4O5S2/c1-5-31-20(29)7-6-12-32-17-10-8-16(9-11-17)27-22(30)28-23-26-14-21(35-23)34-15-19-25-13-18(33-19)24(2,3)4/h8-11,13-14H,5-7,12,15H2,1-4H3,(H2,26,27,28,30). The Morgan fingerprint density at radius 2 is 1.89 bits per heavy atom. The molecule has 2 N–H and O–H groups in total. The molecule has 0 spiro atoms. The number of carbonyl (C=O) groups excluding carboxylic acids is 2. The number of urea groups is 1. The second-order valence-corrected chi connectivity index (χ2v) is 10.8. The van der Waals surface area contributed by atoms with E-state index in [0.29, 0.717) is 54.3 Å². The Balaban J connectivity index is 1.39. The molecule has 1 aromatic carbocycles. The number of amides is 2. The van der Waals surface area contributed by atoms with Crippen molar-refractivity contribution >= 4 is 45.9 Å². The molecule has 0 aliphatic rings. The fourth-order valence-electron chi connectivity index (χ4n) is 2.77. The SMILES string of the molecule is CCOC(=O)CCCOc1ccc(NC(=O)Nc2ncc(SCc3ncc(C(C)(C)C)o3)s2)cc1. The summed E-state index contributed by atoms with van der Waals surface area (Å²) in [4.78, 5) is 32.2. The average molecular weight is 519 g/mol. The van der Waals surface area contributed by atoms with Crippen LogP contribution in [0.15, 0.2) is 45.3 Å². The lowest BCUT2D eigenvalue weighted by Gasteiger charge is -2.12. The van der Waals surface area contributed by atoms with Crippen LogP contribution in [0.2, 0.25) is 0 Å². The highest BCUT2D eigenvalue weighted by Gasteiger charge is 2.19. The molecule has 0 radical (unpaired) electrons. The predicted octanol–water partition coefficient (Wildman–Crippen LogP) is 6.09. The zero-order chi connectivity index (χ0) is 25.3. The number of aromatic nitrogens is 2. The molecule has 2 aromatic heterocycles. The summed E-state index contributed by atoms with van der Waals surface area (Å²) in [6.45, 7) is 8.80. The van der Waals surface area contributed by atoms with Gasteiger partial charge < -0.3 is 19.2 Å². The number of nitrogens with zero attached hydrogens (tertiary/aromatic N) is 2. The number of carbonyl (C=O) groups is 2. The number of esters is 1. The monoisotopic (exact) mass is 518 g/mol. The Morgan fingerprint density at radius 3 is 2.57 bits per heavy atom. The second kappa shape index (κ2) is 12.6.